The molecule has 1 N–H and O–H groups in total. The van der Waals surface area contributed by atoms with Crippen molar-refractivity contribution in [3.05, 3.63) is 0 Å². The van der Waals surface area contributed by atoms with Crippen molar-refractivity contribution in [1.82, 2.24) is 15.1 Å². The molecule has 2 aliphatic rings. The van der Waals surface area contributed by atoms with E-state index in [1.807, 2.05) is 9.80 Å². The second-order valence-electron chi connectivity index (χ2n) is 5.66. The third kappa shape index (κ3) is 2.91. The highest BCUT2D eigenvalue weighted by atomic mass is 16.2. The maximum atomic E-state index is 12.7. The van der Waals surface area contributed by atoms with E-state index in [2.05, 4.69) is 12.2 Å². The number of amides is 2. The summed E-state index contributed by atoms with van der Waals surface area (Å²) in [5.41, 5.74) is -0.326. The van der Waals surface area contributed by atoms with Gasteiger partial charge in [0, 0.05) is 33.1 Å². The molecule has 0 aliphatic carbocycles. The number of hydrogen-bond donors (Lipinski definition) is 1. The quantitative estimate of drug-likeness (QED) is 0.814. The van der Waals surface area contributed by atoms with Crippen LogP contribution in [0, 0.1) is 0 Å². The maximum Gasteiger partial charge on any atom is 0.242 e. The Morgan fingerprint density at radius 2 is 1.79 bits per heavy atom. The van der Waals surface area contributed by atoms with Crippen molar-refractivity contribution in [2.75, 3.05) is 32.7 Å². The zero-order chi connectivity index (χ0) is 13.9. The summed E-state index contributed by atoms with van der Waals surface area (Å²) < 4.78 is 0. The van der Waals surface area contributed by atoms with Crippen molar-refractivity contribution in [3.8, 4) is 0 Å². The Morgan fingerprint density at radius 3 is 2.26 bits per heavy atom. The third-order valence-electron chi connectivity index (χ3n) is 4.34. The van der Waals surface area contributed by atoms with Crippen LogP contribution in [0.4, 0.5) is 0 Å². The molecule has 2 saturated heterocycles. The van der Waals surface area contributed by atoms with Crippen molar-refractivity contribution < 1.29 is 9.59 Å². The molecule has 2 heterocycles. The first-order chi connectivity index (χ1) is 9.09. The topological polar surface area (TPSA) is 52.7 Å². The monoisotopic (exact) mass is 267 g/mol. The largest absolute Gasteiger partial charge is 0.339 e. The molecule has 0 aromatic heterocycles. The van der Waals surface area contributed by atoms with Gasteiger partial charge in [-0.15, -0.1) is 0 Å². The van der Waals surface area contributed by atoms with Crippen LogP contribution in [-0.2, 0) is 9.59 Å². The van der Waals surface area contributed by atoms with Gasteiger partial charge in [0.05, 0.1) is 5.54 Å². The van der Waals surface area contributed by atoms with E-state index in [9.17, 15) is 9.59 Å². The standard InChI is InChI=1S/C14H25N3O2/c1-3-5-14(6-4-7-15-14)13(19)17-10-8-16(9-11-17)12(2)18/h15H,3-11H2,1-2H3. The predicted octanol–water partition coefficient (Wildman–Crippen LogP) is 0.599. The molecule has 0 radical (unpaired) electrons. The molecule has 5 nitrogen and oxygen atoms in total. The van der Waals surface area contributed by atoms with Crippen LogP contribution in [0.2, 0.25) is 0 Å². The molecule has 2 fully saturated rings. The van der Waals surface area contributed by atoms with Crippen molar-refractivity contribution in [2.45, 2.75) is 45.1 Å². The fraction of sp³-hybridized carbons (Fsp3) is 0.857. The molecule has 0 bridgehead atoms. The van der Waals surface area contributed by atoms with Crippen LogP contribution in [0.25, 0.3) is 0 Å². The lowest BCUT2D eigenvalue weighted by Crippen LogP contribution is -2.59. The Morgan fingerprint density at radius 1 is 1.16 bits per heavy atom. The van der Waals surface area contributed by atoms with Gasteiger partial charge in [-0.3, -0.25) is 9.59 Å². The highest BCUT2D eigenvalue weighted by Crippen LogP contribution is 2.27. The van der Waals surface area contributed by atoms with Crippen LogP contribution >= 0.6 is 0 Å². The first-order valence-electron chi connectivity index (χ1n) is 7.39. The fourth-order valence-electron chi connectivity index (χ4n) is 3.26. The average Bonchev–Trinajstić information content (AvgIpc) is 2.88. The number of nitrogens with one attached hydrogen (secondary N) is 1. The van der Waals surface area contributed by atoms with Gasteiger partial charge in [-0.05, 0) is 25.8 Å². The number of carbonyl (C=O) groups excluding carboxylic acids is 2. The molecule has 2 aliphatic heterocycles. The Bertz CT molecular complexity index is 343. The van der Waals surface area contributed by atoms with Gasteiger partial charge in [0.25, 0.3) is 0 Å². The molecule has 0 aromatic carbocycles. The number of carbonyl (C=O) groups is 2. The minimum Gasteiger partial charge on any atom is -0.339 e. The van der Waals surface area contributed by atoms with Gasteiger partial charge < -0.3 is 15.1 Å². The molecule has 19 heavy (non-hydrogen) atoms. The summed E-state index contributed by atoms with van der Waals surface area (Å²) in [6.45, 7) is 7.35. The molecule has 2 rings (SSSR count). The molecule has 1 unspecified atom stereocenters. The molecule has 0 aromatic rings. The normalized spacial score (nSPS) is 27.7. The Labute approximate surface area is 115 Å². The predicted molar refractivity (Wildman–Crippen MR) is 73.7 cm³/mol. The fourth-order valence-corrected chi connectivity index (χ4v) is 3.26. The smallest absolute Gasteiger partial charge is 0.242 e. The summed E-state index contributed by atoms with van der Waals surface area (Å²) in [4.78, 5) is 27.8. The minimum atomic E-state index is -0.326. The summed E-state index contributed by atoms with van der Waals surface area (Å²) in [5, 5.41) is 3.43. The molecule has 0 saturated carbocycles. The highest BCUT2D eigenvalue weighted by Gasteiger charge is 2.43. The van der Waals surface area contributed by atoms with E-state index < -0.39 is 0 Å². The maximum absolute atomic E-state index is 12.7. The molecule has 108 valence electrons. The van der Waals surface area contributed by atoms with Crippen molar-refractivity contribution in [3.63, 3.8) is 0 Å². The summed E-state index contributed by atoms with van der Waals surface area (Å²) in [5.74, 6) is 0.351. The number of piperazine rings is 1. The van der Waals surface area contributed by atoms with E-state index in [1.54, 1.807) is 6.92 Å². The van der Waals surface area contributed by atoms with Crippen LogP contribution in [0.5, 0.6) is 0 Å². The van der Waals surface area contributed by atoms with Gasteiger partial charge in [0.1, 0.15) is 0 Å². The van der Waals surface area contributed by atoms with Crippen LogP contribution in [-0.4, -0.2) is 59.9 Å². The van der Waals surface area contributed by atoms with Crippen LogP contribution in [0.15, 0.2) is 0 Å². The second-order valence-corrected chi connectivity index (χ2v) is 5.66. The van der Waals surface area contributed by atoms with Gasteiger partial charge in [0.2, 0.25) is 11.8 Å². The van der Waals surface area contributed by atoms with E-state index >= 15 is 0 Å². The molecule has 5 heteroatoms. The van der Waals surface area contributed by atoms with Crippen LogP contribution < -0.4 is 5.32 Å². The van der Waals surface area contributed by atoms with Crippen LogP contribution in [0.1, 0.15) is 39.5 Å². The third-order valence-corrected chi connectivity index (χ3v) is 4.34. The van der Waals surface area contributed by atoms with Crippen LogP contribution in [0.3, 0.4) is 0 Å². The number of rotatable bonds is 3. The molecule has 2 amide bonds. The van der Waals surface area contributed by atoms with Gasteiger partial charge >= 0.3 is 0 Å². The van der Waals surface area contributed by atoms with E-state index in [1.165, 1.54) is 0 Å². The average molecular weight is 267 g/mol. The lowest BCUT2D eigenvalue weighted by Gasteiger charge is -2.39. The van der Waals surface area contributed by atoms with Crippen molar-refractivity contribution in [1.29, 1.82) is 0 Å². The van der Waals surface area contributed by atoms with E-state index in [0.29, 0.717) is 26.2 Å². The zero-order valence-corrected chi connectivity index (χ0v) is 12.1. The lowest BCUT2D eigenvalue weighted by molar-refractivity contribution is -0.143. The minimum absolute atomic E-state index is 0.106. The van der Waals surface area contributed by atoms with Crippen molar-refractivity contribution >= 4 is 11.8 Å². The Hall–Kier alpha value is -1.10. The Balaban J connectivity index is 1.98. The second kappa shape index (κ2) is 5.90. The van der Waals surface area contributed by atoms with Gasteiger partial charge in [0.15, 0.2) is 0 Å². The summed E-state index contributed by atoms with van der Waals surface area (Å²) in [6, 6.07) is 0. The van der Waals surface area contributed by atoms with Gasteiger partial charge in [-0.2, -0.15) is 0 Å². The number of hydrogen-bond acceptors (Lipinski definition) is 3. The Kier molecular flexibility index (Phi) is 4.45. The number of nitrogens with zero attached hydrogens (tertiary/aromatic N) is 2. The van der Waals surface area contributed by atoms with E-state index in [4.69, 9.17) is 0 Å². The van der Waals surface area contributed by atoms with Gasteiger partial charge in [-0.25, -0.2) is 0 Å². The first kappa shape index (κ1) is 14.3. The first-order valence-corrected chi connectivity index (χ1v) is 7.39. The lowest BCUT2D eigenvalue weighted by atomic mass is 9.90. The molecule has 0 spiro atoms. The highest BCUT2D eigenvalue weighted by molar-refractivity contribution is 5.87. The van der Waals surface area contributed by atoms with E-state index in [-0.39, 0.29) is 17.4 Å². The van der Waals surface area contributed by atoms with E-state index in [0.717, 1.165) is 32.2 Å². The summed E-state index contributed by atoms with van der Waals surface area (Å²) in [7, 11) is 0. The van der Waals surface area contributed by atoms with Gasteiger partial charge in [-0.1, -0.05) is 13.3 Å². The SMILES string of the molecule is CCCC1(C(=O)N2CCN(C(C)=O)CC2)CCCN1. The van der Waals surface area contributed by atoms with Crippen molar-refractivity contribution in [2.24, 2.45) is 0 Å². The zero-order valence-electron chi connectivity index (χ0n) is 12.1. The molecule has 1 atom stereocenters. The molecular formula is C14H25N3O2. The summed E-state index contributed by atoms with van der Waals surface area (Å²) in [6.07, 6.45) is 3.97. The summed E-state index contributed by atoms with van der Waals surface area (Å²) >= 11 is 0. The molecular weight excluding hydrogens is 242 g/mol.